The second-order valence-corrected chi connectivity index (χ2v) is 3.42. The van der Waals surface area contributed by atoms with Crippen LogP contribution in [0.25, 0.3) is 10.9 Å². The summed E-state index contributed by atoms with van der Waals surface area (Å²) in [7, 11) is 0. The van der Waals surface area contributed by atoms with E-state index >= 15 is 0 Å². The summed E-state index contributed by atoms with van der Waals surface area (Å²) in [5.41, 5.74) is 1.16. The first-order valence-corrected chi connectivity index (χ1v) is 4.56. The molecule has 2 aromatic rings. The summed E-state index contributed by atoms with van der Waals surface area (Å²) >= 11 is 11.5. The highest BCUT2D eigenvalue weighted by Gasteiger charge is 2.04. The second-order valence-electron chi connectivity index (χ2n) is 2.65. The number of benzene rings is 1. The first kappa shape index (κ1) is 9.26. The number of terminal acetylenes is 1. The van der Waals surface area contributed by atoms with Crippen molar-refractivity contribution in [3.05, 3.63) is 34.2 Å². The fourth-order valence-electron chi connectivity index (χ4n) is 1.18. The van der Waals surface area contributed by atoms with Crippen molar-refractivity contribution in [3.8, 4) is 12.3 Å². The molecule has 0 saturated carbocycles. The molecule has 0 bridgehead atoms. The summed E-state index contributed by atoms with van der Waals surface area (Å²) in [5.74, 6) is 2.44. The lowest BCUT2D eigenvalue weighted by Crippen LogP contribution is -1.90. The molecule has 2 rings (SSSR count). The van der Waals surface area contributed by atoms with Gasteiger partial charge in [-0.3, -0.25) is 0 Å². The Labute approximate surface area is 90.9 Å². The summed E-state index contributed by atoms with van der Waals surface area (Å²) < 4.78 is 0. The summed E-state index contributed by atoms with van der Waals surface area (Å²) in [6, 6.07) is 5.21. The van der Waals surface area contributed by atoms with Crippen LogP contribution in [0.3, 0.4) is 0 Å². The average molecular weight is 223 g/mol. The highest BCUT2D eigenvalue weighted by atomic mass is 35.5. The SMILES string of the molecule is C#Cc1nc(Cl)nc2ccc(Cl)cc12. The van der Waals surface area contributed by atoms with E-state index in [1.54, 1.807) is 18.2 Å². The molecule has 0 amide bonds. The third-order valence-corrected chi connectivity index (χ3v) is 2.17. The first-order chi connectivity index (χ1) is 6.70. The second kappa shape index (κ2) is 3.45. The summed E-state index contributed by atoms with van der Waals surface area (Å²) in [5, 5.41) is 1.48. The van der Waals surface area contributed by atoms with Gasteiger partial charge in [0, 0.05) is 10.4 Å². The van der Waals surface area contributed by atoms with Crippen LogP contribution >= 0.6 is 23.2 Å². The molecule has 0 N–H and O–H groups in total. The minimum absolute atomic E-state index is 0.146. The maximum atomic E-state index is 5.83. The van der Waals surface area contributed by atoms with Gasteiger partial charge in [0.05, 0.1) is 5.52 Å². The first-order valence-electron chi connectivity index (χ1n) is 3.80. The van der Waals surface area contributed by atoms with E-state index in [1.807, 2.05) is 0 Å². The number of fused-ring (bicyclic) bond motifs is 1. The third-order valence-electron chi connectivity index (χ3n) is 1.77. The smallest absolute Gasteiger partial charge is 0.218 e. The van der Waals surface area contributed by atoms with E-state index in [0.29, 0.717) is 16.2 Å². The zero-order valence-corrected chi connectivity index (χ0v) is 8.47. The van der Waals surface area contributed by atoms with Crippen LogP contribution in [0.4, 0.5) is 0 Å². The van der Waals surface area contributed by atoms with Gasteiger partial charge in [0.2, 0.25) is 5.28 Å². The van der Waals surface area contributed by atoms with Crippen molar-refractivity contribution in [2.75, 3.05) is 0 Å². The molecule has 2 nitrogen and oxygen atoms in total. The van der Waals surface area contributed by atoms with Gasteiger partial charge >= 0.3 is 0 Å². The molecule has 0 aliphatic rings. The van der Waals surface area contributed by atoms with Gasteiger partial charge in [-0.2, -0.15) is 0 Å². The highest BCUT2D eigenvalue weighted by Crippen LogP contribution is 2.21. The lowest BCUT2D eigenvalue weighted by molar-refractivity contribution is 1.20. The third kappa shape index (κ3) is 1.52. The fraction of sp³-hybridized carbons (Fsp3) is 0. The van der Waals surface area contributed by atoms with Crippen molar-refractivity contribution in [1.82, 2.24) is 9.97 Å². The van der Waals surface area contributed by atoms with Gasteiger partial charge in [-0.1, -0.05) is 11.6 Å². The molecule has 14 heavy (non-hydrogen) atoms. The number of rotatable bonds is 0. The molecule has 1 aromatic carbocycles. The van der Waals surface area contributed by atoms with Gasteiger partial charge in [-0.05, 0) is 35.7 Å². The summed E-state index contributed by atoms with van der Waals surface area (Å²) in [6.07, 6.45) is 5.29. The van der Waals surface area contributed by atoms with Crippen molar-refractivity contribution < 1.29 is 0 Å². The molecule has 0 unspecified atom stereocenters. The molecule has 0 saturated heterocycles. The molecule has 0 fully saturated rings. The van der Waals surface area contributed by atoms with Gasteiger partial charge in [0.25, 0.3) is 0 Å². The van der Waals surface area contributed by atoms with Crippen molar-refractivity contribution in [1.29, 1.82) is 0 Å². The predicted molar refractivity (Wildman–Crippen MR) is 57.5 cm³/mol. The molecule has 0 aliphatic carbocycles. The van der Waals surface area contributed by atoms with Crippen LogP contribution in [-0.2, 0) is 0 Å². The van der Waals surface area contributed by atoms with Gasteiger partial charge in [-0.25, -0.2) is 9.97 Å². The quantitative estimate of drug-likeness (QED) is 0.506. The van der Waals surface area contributed by atoms with Crippen LogP contribution in [0.1, 0.15) is 5.69 Å². The van der Waals surface area contributed by atoms with E-state index < -0.39 is 0 Å². The Balaban J connectivity index is 2.90. The van der Waals surface area contributed by atoms with Crippen molar-refractivity contribution in [2.24, 2.45) is 0 Å². The monoisotopic (exact) mass is 222 g/mol. The topological polar surface area (TPSA) is 25.8 Å². The molecule has 1 aromatic heterocycles. The van der Waals surface area contributed by atoms with Gasteiger partial charge in [0.1, 0.15) is 5.69 Å². The number of hydrogen-bond donors (Lipinski definition) is 0. The van der Waals surface area contributed by atoms with E-state index in [9.17, 15) is 0 Å². The standard InChI is InChI=1S/C10H4Cl2N2/c1-2-8-7-5-6(11)3-4-9(7)14-10(12)13-8/h1,3-5H. The Kier molecular flexibility index (Phi) is 2.28. The lowest BCUT2D eigenvalue weighted by atomic mass is 10.2. The van der Waals surface area contributed by atoms with E-state index in [0.717, 1.165) is 5.39 Å². The number of halogens is 2. The predicted octanol–water partition coefficient (Wildman–Crippen LogP) is 2.92. The lowest BCUT2D eigenvalue weighted by Gasteiger charge is -2.00. The van der Waals surface area contributed by atoms with Crippen LogP contribution < -0.4 is 0 Å². The molecule has 0 radical (unpaired) electrons. The zero-order chi connectivity index (χ0) is 10.1. The van der Waals surface area contributed by atoms with Gasteiger partial charge in [-0.15, -0.1) is 6.42 Å². The van der Waals surface area contributed by atoms with Gasteiger partial charge in [0.15, 0.2) is 0 Å². The van der Waals surface area contributed by atoms with E-state index in [2.05, 4.69) is 15.9 Å². The maximum absolute atomic E-state index is 5.83. The normalized spacial score (nSPS) is 10.1. The molecule has 0 aliphatic heterocycles. The molecule has 0 atom stereocenters. The van der Waals surface area contributed by atoms with Crippen LogP contribution in [0.2, 0.25) is 10.3 Å². The van der Waals surface area contributed by atoms with E-state index in [4.69, 9.17) is 29.6 Å². The molecule has 68 valence electrons. The summed E-state index contributed by atoms with van der Waals surface area (Å²) in [4.78, 5) is 7.95. The fourth-order valence-corrected chi connectivity index (χ4v) is 1.53. The minimum atomic E-state index is 0.146. The van der Waals surface area contributed by atoms with Crippen molar-refractivity contribution in [3.63, 3.8) is 0 Å². The molecular formula is C10H4Cl2N2. The maximum Gasteiger partial charge on any atom is 0.224 e. The largest absolute Gasteiger partial charge is 0.224 e. The van der Waals surface area contributed by atoms with E-state index in [1.165, 1.54) is 0 Å². The number of nitrogens with zero attached hydrogens (tertiary/aromatic N) is 2. The Bertz CT molecular complexity index is 544. The van der Waals surface area contributed by atoms with Crippen LogP contribution in [0.5, 0.6) is 0 Å². The Morgan fingerprint density at radius 2 is 2.00 bits per heavy atom. The Morgan fingerprint density at radius 1 is 1.21 bits per heavy atom. The van der Waals surface area contributed by atoms with Crippen molar-refractivity contribution in [2.45, 2.75) is 0 Å². The molecular weight excluding hydrogens is 219 g/mol. The average Bonchev–Trinajstić information content (AvgIpc) is 2.17. The van der Waals surface area contributed by atoms with Crippen LogP contribution in [0, 0.1) is 12.3 Å². The Hall–Kier alpha value is -1.30. The number of hydrogen-bond acceptors (Lipinski definition) is 2. The summed E-state index contributed by atoms with van der Waals surface area (Å²) in [6.45, 7) is 0. The van der Waals surface area contributed by atoms with Crippen LogP contribution in [0.15, 0.2) is 18.2 Å². The molecule has 1 heterocycles. The minimum Gasteiger partial charge on any atom is -0.218 e. The molecule has 4 heteroatoms. The highest BCUT2D eigenvalue weighted by molar-refractivity contribution is 6.31. The van der Waals surface area contributed by atoms with E-state index in [-0.39, 0.29) is 5.28 Å². The zero-order valence-electron chi connectivity index (χ0n) is 6.96. The number of aromatic nitrogens is 2. The van der Waals surface area contributed by atoms with Gasteiger partial charge < -0.3 is 0 Å². The molecule has 0 spiro atoms. The van der Waals surface area contributed by atoms with Crippen LogP contribution in [-0.4, -0.2) is 9.97 Å². The van der Waals surface area contributed by atoms with Crippen molar-refractivity contribution >= 4 is 34.1 Å². The Morgan fingerprint density at radius 3 is 2.71 bits per heavy atom.